The molecule has 4 nitrogen and oxygen atoms in total. The molecule has 16 heavy (non-hydrogen) atoms. The fourth-order valence-corrected chi connectivity index (χ4v) is 1.99. The average Bonchev–Trinajstić information content (AvgIpc) is 2.29. The highest BCUT2D eigenvalue weighted by atomic mass is 16.2. The van der Waals surface area contributed by atoms with Crippen LogP contribution in [0.1, 0.15) is 38.5 Å². The summed E-state index contributed by atoms with van der Waals surface area (Å²) < 4.78 is 0. The number of terminal acetylenes is 1. The van der Waals surface area contributed by atoms with Gasteiger partial charge in [0.25, 0.3) is 0 Å². The molecule has 1 fully saturated rings. The SMILES string of the molecule is C#CC[C@H](NC(=O)C1CCCCC1)C(N)=O. The Morgan fingerprint density at radius 2 is 2.00 bits per heavy atom. The first-order chi connectivity index (χ1) is 7.65. The third-order valence-corrected chi connectivity index (χ3v) is 2.96. The smallest absolute Gasteiger partial charge is 0.240 e. The highest BCUT2D eigenvalue weighted by molar-refractivity contribution is 5.87. The van der Waals surface area contributed by atoms with Gasteiger partial charge in [0.1, 0.15) is 6.04 Å². The number of primary amides is 1. The van der Waals surface area contributed by atoms with Crippen molar-refractivity contribution in [2.24, 2.45) is 11.7 Å². The van der Waals surface area contributed by atoms with E-state index in [0.717, 1.165) is 25.7 Å². The number of nitrogens with one attached hydrogen (secondary N) is 1. The Bertz CT molecular complexity index is 301. The predicted octanol–water partition coefficient (Wildman–Crippen LogP) is 0.560. The standard InChI is InChI=1S/C12H18N2O2/c1-2-6-10(11(13)15)14-12(16)9-7-4-3-5-8-9/h1,9-10H,3-8H2,(H2,13,15)(H,14,16)/t10-/m0/s1. The third kappa shape index (κ3) is 3.58. The first kappa shape index (κ1) is 12.6. The molecule has 0 radical (unpaired) electrons. The van der Waals surface area contributed by atoms with Crippen LogP contribution >= 0.6 is 0 Å². The summed E-state index contributed by atoms with van der Waals surface area (Å²) in [5.74, 6) is 1.71. The van der Waals surface area contributed by atoms with Crippen molar-refractivity contribution >= 4 is 11.8 Å². The Labute approximate surface area is 96.0 Å². The van der Waals surface area contributed by atoms with Crippen molar-refractivity contribution < 1.29 is 9.59 Å². The minimum atomic E-state index is -0.723. The fraction of sp³-hybridized carbons (Fsp3) is 0.667. The quantitative estimate of drug-likeness (QED) is 0.682. The minimum Gasteiger partial charge on any atom is -0.368 e. The second-order valence-corrected chi connectivity index (χ2v) is 4.21. The molecule has 3 N–H and O–H groups in total. The molecule has 1 aliphatic rings. The van der Waals surface area contributed by atoms with Crippen LogP contribution in [0.2, 0.25) is 0 Å². The van der Waals surface area contributed by atoms with E-state index in [1.54, 1.807) is 0 Å². The number of rotatable bonds is 4. The lowest BCUT2D eigenvalue weighted by molar-refractivity contribution is -0.130. The van der Waals surface area contributed by atoms with Crippen molar-refractivity contribution in [1.82, 2.24) is 5.32 Å². The molecule has 88 valence electrons. The minimum absolute atomic E-state index is 0.0216. The monoisotopic (exact) mass is 222 g/mol. The molecule has 1 atom stereocenters. The Balaban J connectivity index is 2.47. The van der Waals surface area contributed by atoms with Crippen LogP contribution in [-0.2, 0) is 9.59 Å². The molecule has 0 aromatic heterocycles. The van der Waals surface area contributed by atoms with Crippen LogP contribution in [0.4, 0.5) is 0 Å². The van der Waals surface area contributed by atoms with Crippen molar-refractivity contribution in [3.8, 4) is 12.3 Å². The van der Waals surface area contributed by atoms with Gasteiger partial charge in [0.2, 0.25) is 11.8 Å². The van der Waals surface area contributed by atoms with E-state index in [4.69, 9.17) is 12.2 Å². The van der Waals surface area contributed by atoms with Crippen LogP contribution in [0.5, 0.6) is 0 Å². The first-order valence-electron chi connectivity index (χ1n) is 5.68. The lowest BCUT2D eigenvalue weighted by Crippen LogP contribution is -2.46. The Kier molecular flexibility index (Phi) is 4.84. The van der Waals surface area contributed by atoms with Gasteiger partial charge in [-0.3, -0.25) is 9.59 Å². The van der Waals surface area contributed by atoms with E-state index in [9.17, 15) is 9.59 Å². The number of hydrogen-bond acceptors (Lipinski definition) is 2. The van der Waals surface area contributed by atoms with E-state index < -0.39 is 11.9 Å². The lowest BCUT2D eigenvalue weighted by atomic mass is 9.88. The summed E-state index contributed by atoms with van der Waals surface area (Å²) >= 11 is 0. The summed E-state index contributed by atoms with van der Waals surface area (Å²) in [4.78, 5) is 22.8. The Hall–Kier alpha value is -1.50. The molecule has 4 heteroatoms. The molecule has 2 amide bonds. The van der Waals surface area contributed by atoms with Gasteiger partial charge >= 0.3 is 0 Å². The van der Waals surface area contributed by atoms with Crippen LogP contribution in [0.3, 0.4) is 0 Å². The molecule has 0 heterocycles. The number of amides is 2. The molecule has 0 unspecified atom stereocenters. The molecule has 0 aromatic rings. The van der Waals surface area contributed by atoms with Crippen molar-refractivity contribution in [3.63, 3.8) is 0 Å². The van der Waals surface area contributed by atoms with Gasteiger partial charge in [0, 0.05) is 12.3 Å². The maximum atomic E-state index is 11.8. The van der Waals surface area contributed by atoms with Gasteiger partial charge in [-0.1, -0.05) is 19.3 Å². The summed E-state index contributed by atoms with van der Waals surface area (Å²) in [5.41, 5.74) is 5.15. The van der Waals surface area contributed by atoms with Crippen LogP contribution in [0.25, 0.3) is 0 Å². The van der Waals surface area contributed by atoms with Crippen LogP contribution in [0.15, 0.2) is 0 Å². The van der Waals surface area contributed by atoms with E-state index >= 15 is 0 Å². The van der Waals surface area contributed by atoms with Crippen LogP contribution in [0, 0.1) is 18.3 Å². The largest absolute Gasteiger partial charge is 0.368 e. The van der Waals surface area contributed by atoms with Gasteiger partial charge in [-0.05, 0) is 12.8 Å². The first-order valence-corrected chi connectivity index (χ1v) is 5.68. The van der Waals surface area contributed by atoms with Gasteiger partial charge < -0.3 is 11.1 Å². The van der Waals surface area contributed by atoms with Crippen LogP contribution < -0.4 is 11.1 Å². The highest BCUT2D eigenvalue weighted by Crippen LogP contribution is 2.23. The molecule has 1 rings (SSSR count). The normalized spacial score (nSPS) is 18.4. The topological polar surface area (TPSA) is 72.2 Å². The van der Waals surface area contributed by atoms with Gasteiger partial charge in [0.05, 0.1) is 0 Å². The lowest BCUT2D eigenvalue weighted by Gasteiger charge is -2.22. The summed E-state index contributed by atoms with van der Waals surface area (Å²) in [6.45, 7) is 0. The molecule has 0 saturated heterocycles. The van der Waals surface area contributed by atoms with Crippen molar-refractivity contribution in [2.45, 2.75) is 44.6 Å². The zero-order chi connectivity index (χ0) is 12.0. The van der Waals surface area contributed by atoms with E-state index in [-0.39, 0.29) is 18.2 Å². The molecule has 1 saturated carbocycles. The number of hydrogen-bond donors (Lipinski definition) is 2. The van der Waals surface area contributed by atoms with E-state index in [2.05, 4.69) is 11.2 Å². The second kappa shape index (κ2) is 6.16. The zero-order valence-corrected chi connectivity index (χ0v) is 9.37. The summed E-state index contributed by atoms with van der Waals surface area (Å²) in [5, 5.41) is 2.63. The van der Waals surface area contributed by atoms with Gasteiger partial charge in [0.15, 0.2) is 0 Å². The molecular formula is C12H18N2O2. The summed E-state index contributed by atoms with van der Waals surface area (Å²) in [6.07, 6.45) is 10.4. The molecule has 0 aromatic carbocycles. The van der Waals surface area contributed by atoms with E-state index in [1.165, 1.54) is 6.42 Å². The molecule has 0 bridgehead atoms. The van der Waals surface area contributed by atoms with Gasteiger partial charge in [-0.2, -0.15) is 0 Å². The number of carbonyl (C=O) groups is 2. The van der Waals surface area contributed by atoms with Crippen molar-refractivity contribution in [3.05, 3.63) is 0 Å². The second-order valence-electron chi connectivity index (χ2n) is 4.21. The maximum absolute atomic E-state index is 11.8. The Morgan fingerprint density at radius 3 is 2.50 bits per heavy atom. The summed E-state index contributed by atoms with van der Waals surface area (Å²) in [7, 11) is 0. The average molecular weight is 222 g/mol. The van der Waals surface area contributed by atoms with E-state index in [1.807, 2.05) is 0 Å². The molecule has 0 spiro atoms. The predicted molar refractivity (Wildman–Crippen MR) is 61.2 cm³/mol. The molecular weight excluding hydrogens is 204 g/mol. The maximum Gasteiger partial charge on any atom is 0.240 e. The third-order valence-electron chi connectivity index (χ3n) is 2.96. The summed E-state index contributed by atoms with van der Waals surface area (Å²) in [6, 6.07) is -0.723. The number of nitrogens with two attached hydrogens (primary N) is 1. The van der Waals surface area contributed by atoms with Crippen molar-refractivity contribution in [2.75, 3.05) is 0 Å². The fourth-order valence-electron chi connectivity index (χ4n) is 1.99. The Morgan fingerprint density at radius 1 is 1.38 bits per heavy atom. The zero-order valence-electron chi connectivity index (χ0n) is 9.37. The van der Waals surface area contributed by atoms with Crippen LogP contribution in [-0.4, -0.2) is 17.9 Å². The van der Waals surface area contributed by atoms with E-state index in [0.29, 0.717) is 0 Å². The number of carbonyl (C=O) groups excluding carboxylic acids is 2. The van der Waals surface area contributed by atoms with Gasteiger partial charge in [-0.15, -0.1) is 12.3 Å². The van der Waals surface area contributed by atoms with Gasteiger partial charge in [-0.25, -0.2) is 0 Å². The molecule has 1 aliphatic carbocycles. The molecule has 0 aliphatic heterocycles. The highest BCUT2D eigenvalue weighted by Gasteiger charge is 2.24. The van der Waals surface area contributed by atoms with Crippen molar-refractivity contribution in [1.29, 1.82) is 0 Å².